The molecule has 1 aromatic carbocycles. The molecule has 0 atom stereocenters. The van der Waals surface area contributed by atoms with Crippen molar-refractivity contribution in [2.75, 3.05) is 10.6 Å². The molecule has 0 unspecified atom stereocenters. The summed E-state index contributed by atoms with van der Waals surface area (Å²) in [5, 5.41) is 0. The lowest BCUT2D eigenvalue weighted by Crippen LogP contribution is -2.17. The van der Waals surface area contributed by atoms with Gasteiger partial charge in [-0.1, -0.05) is 24.3 Å². The molecule has 0 spiro atoms. The Bertz CT molecular complexity index is 609. The predicted molar refractivity (Wildman–Crippen MR) is 74.7 cm³/mol. The zero-order valence-electron chi connectivity index (χ0n) is 10.7. The summed E-state index contributed by atoms with van der Waals surface area (Å²) in [5.41, 5.74) is 8.68. The average molecular weight is 252 g/mol. The molecule has 0 saturated heterocycles. The van der Waals surface area contributed by atoms with Crippen LogP contribution in [0.2, 0.25) is 0 Å². The summed E-state index contributed by atoms with van der Waals surface area (Å²) < 4.78 is 0. The molecule has 2 N–H and O–H groups in total. The number of nitrogens with zero attached hydrogens (tertiary/aromatic N) is 3. The van der Waals surface area contributed by atoms with E-state index in [-0.39, 0.29) is 0 Å². The molecule has 4 nitrogen and oxygen atoms in total. The van der Waals surface area contributed by atoms with Crippen molar-refractivity contribution < 1.29 is 0 Å². The lowest BCUT2D eigenvalue weighted by molar-refractivity contribution is 0.828. The van der Waals surface area contributed by atoms with Crippen molar-refractivity contribution in [1.82, 2.24) is 9.97 Å². The smallest absolute Gasteiger partial charge is 0.136 e. The van der Waals surface area contributed by atoms with E-state index in [0.29, 0.717) is 11.7 Å². The summed E-state index contributed by atoms with van der Waals surface area (Å²) in [6.07, 6.45) is 2.40. The fraction of sp³-hybridized carbons (Fsp3) is 0.333. The van der Waals surface area contributed by atoms with Crippen molar-refractivity contribution in [3.05, 3.63) is 47.3 Å². The maximum Gasteiger partial charge on any atom is 0.136 e. The van der Waals surface area contributed by atoms with E-state index in [1.165, 1.54) is 24.0 Å². The van der Waals surface area contributed by atoms with Gasteiger partial charge in [-0.05, 0) is 24.0 Å². The Labute approximate surface area is 112 Å². The molecule has 0 amide bonds. The molecule has 2 aliphatic rings. The highest BCUT2D eigenvalue weighted by atomic mass is 15.2. The minimum absolute atomic E-state index is 0.534. The van der Waals surface area contributed by atoms with Crippen LogP contribution in [0.25, 0.3) is 0 Å². The Morgan fingerprint density at radius 1 is 1.05 bits per heavy atom. The highest BCUT2D eigenvalue weighted by molar-refractivity contribution is 5.51. The van der Waals surface area contributed by atoms with Gasteiger partial charge in [-0.25, -0.2) is 9.97 Å². The number of nitrogens with two attached hydrogens (primary N) is 1. The van der Waals surface area contributed by atoms with E-state index < -0.39 is 0 Å². The van der Waals surface area contributed by atoms with Gasteiger partial charge in [-0.2, -0.15) is 0 Å². The fourth-order valence-electron chi connectivity index (χ4n) is 2.65. The van der Waals surface area contributed by atoms with Crippen molar-refractivity contribution in [2.24, 2.45) is 0 Å². The number of fused-ring (bicyclic) bond motifs is 1. The lowest BCUT2D eigenvalue weighted by atomic mass is 10.1. The summed E-state index contributed by atoms with van der Waals surface area (Å²) >= 11 is 0. The number of benzene rings is 1. The highest BCUT2D eigenvalue weighted by Gasteiger charge is 2.28. The third-order valence-corrected chi connectivity index (χ3v) is 3.86. The van der Waals surface area contributed by atoms with Crippen LogP contribution in [-0.4, -0.2) is 9.97 Å². The van der Waals surface area contributed by atoms with E-state index in [1.54, 1.807) is 0 Å². The van der Waals surface area contributed by atoms with Gasteiger partial charge in [0.15, 0.2) is 0 Å². The Kier molecular flexibility index (Phi) is 2.24. The van der Waals surface area contributed by atoms with Gasteiger partial charge in [0.05, 0.1) is 0 Å². The molecule has 4 rings (SSSR count). The molecular weight excluding hydrogens is 236 g/mol. The molecule has 1 aliphatic heterocycles. The van der Waals surface area contributed by atoms with Crippen molar-refractivity contribution >= 4 is 11.6 Å². The number of hydrogen-bond acceptors (Lipinski definition) is 4. The van der Waals surface area contributed by atoms with Crippen LogP contribution in [0.5, 0.6) is 0 Å². The zero-order chi connectivity index (χ0) is 12.8. The van der Waals surface area contributed by atoms with Crippen LogP contribution in [-0.2, 0) is 13.1 Å². The van der Waals surface area contributed by atoms with Crippen molar-refractivity contribution in [3.63, 3.8) is 0 Å². The third kappa shape index (κ3) is 1.93. The van der Waals surface area contributed by atoms with Crippen molar-refractivity contribution in [2.45, 2.75) is 31.8 Å². The first-order valence-corrected chi connectivity index (χ1v) is 6.76. The minimum Gasteiger partial charge on any atom is -0.384 e. The molecule has 0 radical (unpaired) electrons. The van der Waals surface area contributed by atoms with Crippen LogP contribution < -0.4 is 10.6 Å². The van der Waals surface area contributed by atoms with Gasteiger partial charge in [0.25, 0.3) is 0 Å². The van der Waals surface area contributed by atoms with Gasteiger partial charge < -0.3 is 10.6 Å². The summed E-state index contributed by atoms with van der Waals surface area (Å²) in [5.74, 6) is 3.01. The van der Waals surface area contributed by atoms with Gasteiger partial charge in [-0.15, -0.1) is 0 Å². The van der Waals surface area contributed by atoms with E-state index >= 15 is 0 Å². The molecule has 19 heavy (non-hydrogen) atoms. The molecule has 96 valence electrons. The Morgan fingerprint density at radius 2 is 1.74 bits per heavy atom. The zero-order valence-corrected chi connectivity index (χ0v) is 10.7. The Morgan fingerprint density at radius 3 is 2.37 bits per heavy atom. The molecule has 2 heterocycles. The number of aromatic nitrogens is 2. The van der Waals surface area contributed by atoms with Gasteiger partial charge in [-0.3, -0.25) is 0 Å². The summed E-state index contributed by atoms with van der Waals surface area (Å²) in [7, 11) is 0. The first kappa shape index (κ1) is 10.8. The van der Waals surface area contributed by atoms with E-state index in [0.717, 1.165) is 24.7 Å². The minimum atomic E-state index is 0.534. The number of nitrogen functional groups attached to an aromatic ring is 1. The quantitative estimate of drug-likeness (QED) is 0.892. The standard InChI is InChI=1S/C15H16N4/c16-13-7-14(18-15(17-13)10-5-6-10)19-8-11-3-1-2-4-12(11)9-19/h1-4,7,10H,5-6,8-9H2,(H2,16,17,18). The molecule has 0 bridgehead atoms. The number of hydrogen-bond donors (Lipinski definition) is 1. The summed E-state index contributed by atoms with van der Waals surface area (Å²) in [6.45, 7) is 1.83. The summed E-state index contributed by atoms with van der Waals surface area (Å²) in [4.78, 5) is 11.3. The van der Waals surface area contributed by atoms with E-state index in [2.05, 4.69) is 34.1 Å². The molecule has 4 heteroatoms. The van der Waals surface area contributed by atoms with Crippen LogP contribution in [0.3, 0.4) is 0 Å². The normalized spacial score (nSPS) is 17.6. The summed E-state index contributed by atoms with van der Waals surface area (Å²) in [6, 6.07) is 10.4. The average Bonchev–Trinajstić information content (AvgIpc) is 3.17. The monoisotopic (exact) mass is 252 g/mol. The van der Waals surface area contributed by atoms with E-state index in [1.807, 2.05) is 6.07 Å². The van der Waals surface area contributed by atoms with Crippen LogP contribution in [0.1, 0.15) is 35.7 Å². The van der Waals surface area contributed by atoms with Crippen LogP contribution >= 0.6 is 0 Å². The molecular formula is C15H16N4. The fourth-order valence-corrected chi connectivity index (χ4v) is 2.65. The van der Waals surface area contributed by atoms with E-state index in [4.69, 9.17) is 10.7 Å². The molecule has 1 saturated carbocycles. The third-order valence-electron chi connectivity index (χ3n) is 3.86. The van der Waals surface area contributed by atoms with Gasteiger partial charge in [0, 0.05) is 25.1 Å². The lowest BCUT2D eigenvalue weighted by Gasteiger charge is -2.17. The van der Waals surface area contributed by atoms with Crippen molar-refractivity contribution in [3.8, 4) is 0 Å². The van der Waals surface area contributed by atoms with Gasteiger partial charge in [0.2, 0.25) is 0 Å². The van der Waals surface area contributed by atoms with Crippen LogP contribution in [0.15, 0.2) is 30.3 Å². The van der Waals surface area contributed by atoms with Gasteiger partial charge in [0.1, 0.15) is 17.5 Å². The van der Waals surface area contributed by atoms with E-state index in [9.17, 15) is 0 Å². The number of anilines is 2. The maximum atomic E-state index is 5.92. The molecule has 1 aromatic heterocycles. The van der Waals surface area contributed by atoms with Crippen LogP contribution in [0.4, 0.5) is 11.6 Å². The first-order valence-electron chi connectivity index (χ1n) is 6.76. The molecule has 2 aromatic rings. The predicted octanol–water partition coefficient (Wildman–Crippen LogP) is 2.46. The Hall–Kier alpha value is -2.10. The Balaban J connectivity index is 1.67. The highest BCUT2D eigenvalue weighted by Crippen LogP contribution is 2.39. The second-order valence-corrected chi connectivity index (χ2v) is 5.41. The topological polar surface area (TPSA) is 55.0 Å². The molecule has 1 aliphatic carbocycles. The number of rotatable bonds is 2. The van der Waals surface area contributed by atoms with Crippen molar-refractivity contribution in [1.29, 1.82) is 0 Å². The maximum absolute atomic E-state index is 5.92. The second-order valence-electron chi connectivity index (χ2n) is 5.41. The SMILES string of the molecule is Nc1cc(N2Cc3ccccc3C2)nc(C2CC2)n1. The second kappa shape index (κ2) is 3.95. The van der Waals surface area contributed by atoms with Gasteiger partial charge >= 0.3 is 0 Å². The first-order chi connectivity index (χ1) is 9.29. The largest absolute Gasteiger partial charge is 0.384 e. The van der Waals surface area contributed by atoms with Crippen LogP contribution in [0, 0.1) is 0 Å². The molecule has 1 fully saturated rings.